The number of alkyl halides is 3. The van der Waals surface area contributed by atoms with Crippen molar-refractivity contribution in [2.24, 2.45) is 0 Å². The van der Waals surface area contributed by atoms with Crippen LogP contribution >= 0.6 is 0 Å². The lowest BCUT2D eigenvalue weighted by Gasteiger charge is -2.10. The summed E-state index contributed by atoms with van der Waals surface area (Å²) in [5.74, 6) is -1.28. The summed E-state index contributed by atoms with van der Waals surface area (Å²) in [6.45, 7) is 1.10. The van der Waals surface area contributed by atoms with E-state index >= 15 is 0 Å². The van der Waals surface area contributed by atoms with Gasteiger partial charge in [-0.25, -0.2) is 4.39 Å². The van der Waals surface area contributed by atoms with E-state index < -0.39 is 17.6 Å². The fourth-order valence-corrected chi connectivity index (χ4v) is 1.44. The lowest BCUT2D eigenvalue weighted by atomic mass is 10.1. The van der Waals surface area contributed by atoms with E-state index in [1.165, 1.54) is 6.07 Å². The molecule has 0 aliphatic rings. The van der Waals surface area contributed by atoms with E-state index in [1.54, 1.807) is 0 Å². The van der Waals surface area contributed by atoms with Gasteiger partial charge in [0, 0.05) is 13.1 Å². The highest BCUT2D eigenvalue weighted by Crippen LogP contribution is 2.31. The molecule has 2 N–H and O–H groups in total. The predicted molar refractivity (Wildman–Crippen MR) is 61.0 cm³/mol. The van der Waals surface area contributed by atoms with Gasteiger partial charge in [-0.2, -0.15) is 13.2 Å². The standard InChI is InChI=1S/C12H15F4NO2/c13-11-2-1-9(7-10(11)12(14,15)16)8-17-3-5-19-6-4-18/h1-2,7,17-18H,3-6,8H2. The maximum absolute atomic E-state index is 13.0. The monoisotopic (exact) mass is 281 g/mol. The maximum atomic E-state index is 13.0. The molecule has 0 spiro atoms. The fraction of sp³-hybridized carbons (Fsp3) is 0.500. The summed E-state index contributed by atoms with van der Waals surface area (Å²) >= 11 is 0. The second kappa shape index (κ2) is 7.42. The molecule has 0 amide bonds. The number of nitrogens with one attached hydrogen (secondary N) is 1. The minimum atomic E-state index is -4.69. The Labute approximate surface area is 108 Å². The first-order chi connectivity index (χ1) is 8.95. The van der Waals surface area contributed by atoms with Crippen molar-refractivity contribution in [1.82, 2.24) is 5.32 Å². The molecular formula is C12H15F4NO2. The molecule has 0 heterocycles. The molecule has 1 aromatic rings. The third-order valence-electron chi connectivity index (χ3n) is 2.32. The van der Waals surface area contributed by atoms with Crippen LogP contribution in [0.25, 0.3) is 0 Å². The van der Waals surface area contributed by atoms with Gasteiger partial charge in [0.25, 0.3) is 0 Å². The summed E-state index contributed by atoms with van der Waals surface area (Å²) in [6.07, 6.45) is -4.69. The zero-order chi connectivity index (χ0) is 14.3. The number of rotatable bonds is 7. The number of hydrogen-bond donors (Lipinski definition) is 2. The zero-order valence-corrected chi connectivity index (χ0v) is 10.1. The van der Waals surface area contributed by atoms with Crippen LogP contribution in [-0.2, 0) is 17.5 Å². The summed E-state index contributed by atoms with van der Waals surface area (Å²) in [4.78, 5) is 0. The second-order valence-corrected chi connectivity index (χ2v) is 3.82. The summed E-state index contributed by atoms with van der Waals surface area (Å²) in [7, 11) is 0. The van der Waals surface area contributed by atoms with Gasteiger partial charge >= 0.3 is 6.18 Å². The van der Waals surface area contributed by atoms with Crippen LogP contribution in [0.15, 0.2) is 18.2 Å². The van der Waals surface area contributed by atoms with Crippen LogP contribution in [0.5, 0.6) is 0 Å². The molecule has 0 atom stereocenters. The summed E-state index contributed by atoms with van der Waals surface area (Å²) in [6, 6.07) is 2.89. The van der Waals surface area contributed by atoms with E-state index in [0.717, 1.165) is 12.1 Å². The third kappa shape index (κ3) is 5.54. The van der Waals surface area contributed by atoms with Gasteiger partial charge in [-0.05, 0) is 17.7 Å². The molecule has 0 bridgehead atoms. The molecule has 1 aromatic carbocycles. The van der Waals surface area contributed by atoms with Crippen molar-refractivity contribution in [3.8, 4) is 0 Å². The largest absolute Gasteiger partial charge is 0.419 e. The van der Waals surface area contributed by atoms with E-state index in [2.05, 4.69) is 5.32 Å². The average Bonchev–Trinajstić information content (AvgIpc) is 2.34. The number of hydrogen-bond acceptors (Lipinski definition) is 3. The molecule has 0 aliphatic heterocycles. The van der Waals surface area contributed by atoms with Crippen molar-refractivity contribution in [2.45, 2.75) is 12.7 Å². The second-order valence-electron chi connectivity index (χ2n) is 3.82. The topological polar surface area (TPSA) is 41.5 Å². The van der Waals surface area contributed by atoms with Crippen LogP contribution in [0.1, 0.15) is 11.1 Å². The zero-order valence-electron chi connectivity index (χ0n) is 10.1. The lowest BCUT2D eigenvalue weighted by molar-refractivity contribution is -0.140. The van der Waals surface area contributed by atoms with Gasteiger partial charge in [0.05, 0.1) is 25.4 Å². The van der Waals surface area contributed by atoms with E-state index in [-0.39, 0.29) is 19.8 Å². The Morgan fingerprint density at radius 2 is 1.95 bits per heavy atom. The van der Waals surface area contributed by atoms with Crippen molar-refractivity contribution in [3.05, 3.63) is 35.1 Å². The van der Waals surface area contributed by atoms with Gasteiger partial charge in [0.2, 0.25) is 0 Å². The molecule has 3 nitrogen and oxygen atoms in total. The molecule has 0 saturated carbocycles. The van der Waals surface area contributed by atoms with Crippen LogP contribution in [0.2, 0.25) is 0 Å². The molecule has 108 valence electrons. The summed E-state index contributed by atoms with van der Waals surface area (Å²) < 4.78 is 55.3. The maximum Gasteiger partial charge on any atom is 0.419 e. The third-order valence-corrected chi connectivity index (χ3v) is 2.32. The number of benzene rings is 1. The Bertz CT molecular complexity index is 396. The summed E-state index contributed by atoms with van der Waals surface area (Å²) in [5, 5.41) is 11.3. The lowest BCUT2D eigenvalue weighted by Crippen LogP contribution is -2.20. The fourth-order valence-electron chi connectivity index (χ4n) is 1.44. The van der Waals surface area contributed by atoms with Crippen molar-refractivity contribution in [3.63, 3.8) is 0 Å². The van der Waals surface area contributed by atoms with Crippen molar-refractivity contribution < 1.29 is 27.4 Å². The Morgan fingerprint density at radius 3 is 2.58 bits per heavy atom. The first-order valence-corrected chi connectivity index (χ1v) is 5.70. The Hall–Kier alpha value is -1.18. The van der Waals surface area contributed by atoms with Gasteiger partial charge in [-0.1, -0.05) is 6.07 Å². The minimum absolute atomic E-state index is 0.0765. The van der Waals surface area contributed by atoms with Crippen molar-refractivity contribution in [2.75, 3.05) is 26.4 Å². The van der Waals surface area contributed by atoms with Crippen LogP contribution < -0.4 is 5.32 Å². The summed E-state index contributed by atoms with van der Waals surface area (Å²) in [5.41, 5.74) is -0.917. The molecule has 0 radical (unpaired) electrons. The van der Waals surface area contributed by atoms with Crippen molar-refractivity contribution in [1.29, 1.82) is 0 Å². The highest BCUT2D eigenvalue weighted by atomic mass is 19.4. The quantitative estimate of drug-likeness (QED) is 0.593. The molecule has 0 saturated heterocycles. The Balaban J connectivity index is 2.47. The molecular weight excluding hydrogens is 266 g/mol. The normalized spacial score (nSPS) is 11.8. The van der Waals surface area contributed by atoms with Crippen LogP contribution in [0, 0.1) is 5.82 Å². The SMILES string of the molecule is OCCOCCNCc1ccc(F)c(C(F)(F)F)c1. The van der Waals surface area contributed by atoms with Gasteiger partial charge in [0.15, 0.2) is 0 Å². The van der Waals surface area contributed by atoms with Gasteiger partial charge < -0.3 is 15.2 Å². The van der Waals surface area contributed by atoms with Crippen LogP contribution in [-0.4, -0.2) is 31.5 Å². The number of ether oxygens (including phenoxy) is 1. The predicted octanol–water partition coefficient (Wildman–Crippen LogP) is 1.94. The van der Waals surface area contributed by atoms with E-state index in [9.17, 15) is 17.6 Å². The first-order valence-electron chi connectivity index (χ1n) is 5.70. The molecule has 0 aliphatic carbocycles. The van der Waals surface area contributed by atoms with E-state index in [0.29, 0.717) is 18.7 Å². The molecule has 0 unspecified atom stereocenters. The van der Waals surface area contributed by atoms with E-state index in [1.807, 2.05) is 0 Å². The Kier molecular flexibility index (Phi) is 6.20. The number of aliphatic hydroxyl groups is 1. The number of halogens is 4. The Morgan fingerprint density at radius 1 is 1.21 bits per heavy atom. The number of aliphatic hydroxyl groups excluding tert-OH is 1. The van der Waals surface area contributed by atoms with E-state index in [4.69, 9.17) is 9.84 Å². The molecule has 1 rings (SSSR count). The highest BCUT2D eigenvalue weighted by molar-refractivity contribution is 5.27. The van der Waals surface area contributed by atoms with Crippen molar-refractivity contribution >= 4 is 0 Å². The van der Waals surface area contributed by atoms with Gasteiger partial charge in [-0.15, -0.1) is 0 Å². The molecule has 0 fully saturated rings. The first kappa shape index (κ1) is 15.9. The molecule has 19 heavy (non-hydrogen) atoms. The van der Waals surface area contributed by atoms with Gasteiger partial charge in [0.1, 0.15) is 5.82 Å². The van der Waals surface area contributed by atoms with Crippen LogP contribution in [0.3, 0.4) is 0 Å². The molecule has 7 heteroatoms. The highest BCUT2D eigenvalue weighted by Gasteiger charge is 2.34. The smallest absolute Gasteiger partial charge is 0.394 e. The van der Waals surface area contributed by atoms with Gasteiger partial charge in [-0.3, -0.25) is 0 Å². The molecule has 0 aromatic heterocycles. The average molecular weight is 281 g/mol. The van der Waals surface area contributed by atoms with Crippen LogP contribution in [0.4, 0.5) is 17.6 Å². The minimum Gasteiger partial charge on any atom is -0.394 e.